The van der Waals surface area contributed by atoms with Crippen molar-refractivity contribution < 1.29 is 0 Å². The number of hydrogen-bond acceptors (Lipinski definition) is 1. The van der Waals surface area contributed by atoms with Crippen LogP contribution in [0.25, 0.3) is 0 Å². The van der Waals surface area contributed by atoms with E-state index in [9.17, 15) is 0 Å². The zero-order valence-corrected chi connectivity index (χ0v) is 9.68. The molecule has 2 aromatic carbocycles. The largest absolute Gasteiger partial charge is 0.256 e. The van der Waals surface area contributed by atoms with Crippen LogP contribution in [-0.4, -0.2) is 6.21 Å². The van der Waals surface area contributed by atoms with Gasteiger partial charge in [-0.15, -0.1) is 0 Å². The zero-order valence-electron chi connectivity index (χ0n) is 8.10. The second-order valence-corrected chi connectivity index (χ2v) is 4.06. The Balaban J connectivity index is 2.19. The topological polar surface area (TPSA) is 12.4 Å². The van der Waals surface area contributed by atoms with Crippen LogP contribution in [-0.2, 0) is 0 Å². The summed E-state index contributed by atoms with van der Waals surface area (Å²) in [5.41, 5.74) is 2.06. The number of aliphatic imine (C=N–C) groups is 1. The monoisotopic (exact) mass is 259 g/mol. The molecule has 0 aromatic heterocycles. The molecule has 0 fully saturated rings. The molecule has 0 aliphatic heterocycles. The quantitative estimate of drug-likeness (QED) is 0.717. The predicted octanol–water partition coefficient (Wildman–Crippen LogP) is 4.20. The first-order valence-corrected chi connectivity index (χ1v) is 5.48. The highest BCUT2D eigenvalue weighted by atomic mass is 79.9. The molecule has 15 heavy (non-hydrogen) atoms. The van der Waals surface area contributed by atoms with Gasteiger partial charge in [0.25, 0.3) is 0 Å². The Morgan fingerprint density at radius 1 is 0.933 bits per heavy atom. The fourth-order valence-corrected chi connectivity index (χ4v) is 1.67. The molecular formula is C13H10BrN. The number of halogens is 1. The lowest BCUT2D eigenvalue weighted by molar-refractivity contribution is 1.52. The summed E-state index contributed by atoms with van der Waals surface area (Å²) >= 11 is 3.43. The maximum Gasteiger partial charge on any atom is 0.0629 e. The van der Waals surface area contributed by atoms with Crippen LogP contribution >= 0.6 is 15.9 Å². The maximum atomic E-state index is 4.37. The van der Waals surface area contributed by atoms with E-state index in [-0.39, 0.29) is 0 Å². The van der Waals surface area contributed by atoms with Crippen LogP contribution in [0.3, 0.4) is 0 Å². The van der Waals surface area contributed by atoms with Crippen molar-refractivity contribution in [1.29, 1.82) is 0 Å². The zero-order chi connectivity index (χ0) is 10.5. The van der Waals surface area contributed by atoms with E-state index in [2.05, 4.69) is 20.9 Å². The third kappa shape index (κ3) is 3.03. The Bertz CT molecular complexity index is 463. The van der Waals surface area contributed by atoms with Gasteiger partial charge in [-0.25, -0.2) is 0 Å². The fourth-order valence-electron chi connectivity index (χ4n) is 1.25. The summed E-state index contributed by atoms with van der Waals surface area (Å²) in [5.74, 6) is 0. The molecular weight excluding hydrogens is 250 g/mol. The van der Waals surface area contributed by atoms with Gasteiger partial charge in [0.05, 0.1) is 5.69 Å². The van der Waals surface area contributed by atoms with Crippen LogP contribution < -0.4 is 0 Å². The second-order valence-electron chi connectivity index (χ2n) is 3.15. The number of nitrogens with zero attached hydrogens (tertiary/aromatic N) is 1. The average molecular weight is 260 g/mol. The fraction of sp³-hybridized carbons (Fsp3) is 0. The highest BCUT2D eigenvalue weighted by molar-refractivity contribution is 9.10. The minimum absolute atomic E-state index is 0.970. The summed E-state index contributed by atoms with van der Waals surface area (Å²) in [4.78, 5) is 4.37. The molecule has 0 unspecified atom stereocenters. The molecule has 0 radical (unpaired) electrons. The van der Waals surface area contributed by atoms with E-state index in [1.54, 1.807) is 0 Å². The minimum Gasteiger partial charge on any atom is -0.256 e. The molecule has 2 rings (SSSR count). The Labute approximate surface area is 97.6 Å². The first-order chi connectivity index (χ1) is 7.34. The van der Waals surface area contributed by atoms with E-state index in [0.717, 1.165) is 15.7 Å². The summed E-state index contributed by atoms with van der Waals surface area (Å²) in [6.45, 7) is 0. The predicted molar refractivity (Wildman–Crippen MR) is 67.8 cm³/mol. The van der Waals surface area contributed by atoms with Crippen molar-refractivity contribution in [2.45, 2.75) is 0 Å². The molecule has 0 saturated heterocycles. The standard InChI is InChI=1S/C13H10BrN/c14-12-6-4-5-11(9-12)10-15-13-7-2-1-3-8-13/h1-10H/b15-10+. The van der Waals surface area contributed by atoms with Gasteiger partial charge in [0.15, 0.2) is 0 Å². The molecule has 0 heterocycles. The van der Waals surface area contributed by atoms with Crippen LogP contribution in [0.2, 0.25) is 0 Å². The first-order valence-electron chi connectivity index (χ1n) is 4.69. The van der Waals surface area contributed by atoms with Gasteiger partial charge in [0.1, 0.15) is 0 Å². The molecule has 0 saturated carbocycles. The SMILES string of the molecule is Brc1cccc(/C=N/c2ccccc2)c1. The van der Waals surface area contributed by atoms with Gasteiger partial charge in [0.2, 0.25) is 0 Å². The minimum atomic E-state index is 0.970. The number of para-hydroxylation sites is 1. The van der Waals surface area contributed by atoms with E-state index < -0.39 is 0 Å². The van der Waals surface area contributed by atoms with Gasteiger partial charge in [-0.1, -0.05) is 46.3 Å². The van der Waals surface area contributed by atoms with Crippen LogP contribution in [0.15, 0.2) is 64.1 Å². The Morgan fingerprint density at radius 3 is 2.47 bits per heavy atom. The smallest absolute Gasteiger partial charge is 0.0629 e. The lowest BCUT2D eigenvalue weighted by Crippen LogP contribution is -1.79. The normalized spacial score (nSPS) is 10.7. The van der Waals surface area contributed by atoms with Crippen molar-refractivity contribution in [1.82, 2.24) is 0 Å². The van der Waals surface area contributed by atoms with Gasteiger partial charge in [-0.2, -0.15) is 0 Å². The van der Waals surface area contributed by atoms with Gasteiger partial charge < -0.3 is 0 Å². The third-order valence-electron chi connectivity index (χ3n) is 1.97. The molecule has 74 valence electrons. The van der Waals surface area contributed by atoms with E-state index in [1.807, 2.05) is 60.8 Å². The summed E-state index contributed by atoms with van der Waals surface area (Å²) in [6, 6.07) is 18.0. The lowest BCUT2D eigenvalue weighted by atomic mass is 10.2. The van der Waals surface area contributed by atoms with E-state index in [0.29, 0.717) is 0 Å². The summed E-state index contributed by atoms with van der Waals surface area (Å²) < 4.78 is 1.07. The highest BCUT2D eigenvalue weighted by Gasteiger charge is 1.89. The van der Waals surface area contributed by atoms with Crippen LogP contribution in [0.5, 0.6) is 0 Å². The van der Waals surface area contributed by atoms with E-state index in [4.69, 9.17) is 0 Å². The molecule has 0 spiro atoms. The van der Waals surface area contributed by atoms with Crippen molar-refractivity contribution in [3.8, 4) is 0 Å². The Hall–Kier alpha value is -1.41. The first kappa shape index (κ1) is 10.1. The van der Waals surface area contributed by atoms with Gasteiger partial charge in [-0.05, 0) is 29.8 Å². The maximum absolute atomic E-state index is 4.37. The summed E-state index contributed by atoms with van der Waals surface area (Å²) in [7, 11) is 0. The summed E-state index contributed by atoms with van der Waals surface area (Å²) in [6.07, 6.45) is 1.86. The Morgan fingerprint density at radius 2 is 1.73 bits per heavy atom. The molecule has 0 bridgehead atoms. The molecule has 1 nitrogen and oxygen atoms in total. The van der Waals surface area contributed by atoms with E-state index in [1.165, 1.54) is 0 Å². The average Bonchev–Trinajstić information content (AvgIpc) is 2.28. The number of benzene rings is 2. The van der Waals surface area contributed by atoms with Crippen molar-refractivity contribution in [2.75, 3.05) is 0 Å². The summed E-state index contributed by atoms with van der Waals surface area (Å²) in [5, 5.41) is 0. The van der Waals surface area contributed by atoms with Crippen molar-refractivity contribution in [3.05, 3.63) is 64.6 Å². The number of rotatable bonds is 2. The van der Waals surface area contributed by atoms with Crippen molar-refractivity contribution in [3.63, 3.8) is 0 Å². The molecule has 0 N–H and O–H groups in total. The van der Waals surface area contributed by atoms with Gasteiger partial charge >= 0.3 is 0 Å². The van der Waals surface area contributed by atoms with Gasteiger partial charge in [0, 0.05) is 10.7 Å². The molecule has 0 aliphatic rings. The third-order valence-corrected chi connectivity index (χ3v) is 2.46. The lowest BCUT2D eigenvalue weighted by Gasteiger charge is -1.94. The molecule has 0 amide bonds. The second kappa shape index (κ2) is 4.89. The highest BCUT2D eigenvalue weighted by Crippen LogP contribution is 2.12. The van der Waals surface area contributed by atoms with Crippen LogP contribution in [0, 0.1) is 0 Å². The van der Waals surface area contributed by atoms with Gasteiger partial charge in [-0.3, -0.25) is 4.99 Å². The molecule has 0 atom stereocenters. The molecule has 0 aliphatic carbocycles. The Kier molecular flexibility index (Phi) is 3.30. The number of hydrogen-bond donors (Lipinski definition) is 0. The molecule has 2 aromatic rings. The van der Waals surface area contributed by atoms with E-state index >= 15 is 0 Å². The molecule has 2 heteroatoms. The van der Waals surface area contributed by atoms with Crippen LogP contribution in [0.4, 0.5) is 5.69 Å². The van der Waals surface area contributed by atoms with Crippen molar-refractivity contribution >= 4 is 27.8 Å². The van der Waals surface area contributed by atoms with Crippen molar-refractivity contribution in [2.24, 2.45) is 4.99 Å². The van der Waals surface area contributed by atoms with Crippen LogP contribution in [0.1, 0.15) is 5.56 Å².